The molecular weight excluding hydrogens is 1080 g/mol. The van der Waals surface area contributed by atoms with Gasteiger partial charge in [0.2, 0.25) is 0 Å². The highest BCUT2D eigenvalue weighted by atomic mass is 14.4. The Hall–Kier alpha value is 0. The molecular formula is C90H200. The lowest BCUT2D eigenvalue weighted by molar-refractivity contribution is 0.281. The van der Waals surface area contributed by atoms with Crippen molar-refractivity contribution in [3.05, 3.63) is 0 Å². The van der Waals surface area contributed by atoms with Gasteiger partial charge in [0.05, 0.1) is 0 Å². The van der Waals surface area contributed by atoms with Crippen LogP contribution in [-0.2, 0) is 0 Å². The van der Waals surface area contributed by atoms with Crippen molar-refractivity contribution in [1.29, 1.82) is 0 Å². The molecule has 0 aromatic heterocycles. The minimum atomic E-state index is 0.500. The van der Waals surface area contributed by atoms with E-state index in [4.69, 9.17) is 0 Å². The standard InChI is InChI=1S/2C8H16.C7H14.2C6H12.C6H14.2C5H10.4C5H12.C4H8.2C4H10.C3H8.2C2H6/c1-7-5-4-6-8(7,2)3;1-6-4-5-7(2)8(6)3;1-6-4-3-5-7(6)2;1-6-4-2-3-5-6;1-2-6-4-3-5-6;1-5-6(2,3)4;1-5-3-2-4-5;1-2-5-3-4-5;1-5(2,3)4;2*1-4-5(2)3;1-3-5-4-2;1-4-2-3-4;1-4(2)3;1-3-4-2;1-3-2;2*1-2/h7H,4-6H2,1-3H3;6-8H,4-5H2,1-3H3;6-7H,3-5H2,1-2H3;2*6H,2-5H2,1H3;5H2,1-4H3;2*5H,2-4H2,1H3;1-4H3;2*5H,4H2,1-3H3;3-5H2,1-2H3;4H,2-3H2,1H3;4H,1-3H3;3-4H2,1-2H3;3H2,1-2H3;2*1-2H3. The second-order valence-electron chi connectivity index (χ2n) is 34.5. The van der Waals surface area contributed by atoms with E-state index in [1.165, 1.54) is 212 Å². The molecule has 0 bridgehead atoms. The number of unbranched alkanes of at least 4 members (excludes halogenated alkanes) is 3. The van der Waals surface area contributed by atoms with Gasteiger partial charge in [0.25, 0.3) is 0 Å². The van der Waals surface area contributed by atoms with Gasteiger partial charge in [0.15, 0.2) is 0 Å². The van der Waals surface area contributed by atoms with Crippen molar-refractivity contribution in [2.75, 3.05) is 0 Å². The summed E-state index contributed by atoms with van der Waals surface area (Å²) in [5.41, 5.74) is 1.69. The molecule has 560 valence electrons. The number of hydrogen-bond acceptors (Lipinski definition) is 0. The zero-order chi connectivity index (χ0) is 72.9. The first-order valence-electron chi connectivity index (χ1n) is 41.8. The molecule has 0 amide bonds. The molecule has 5 unspecified atom stereocenters. The Morgan fingerprint density at radius 3 is 0.667 bits per heavy atom. The Balaban J connectivity index is -0.0000000950. The van der Waals surface area contributed by atoms with Crippen LogP contribution in [0.5, 0.6) is 0 Å². The predicted octanol–water partition coefficient (Wildman–Crippen LogP) is 35.1. The van der Waals surface area contributed by atoms with Crippen LogP contribution >= 0.6 is 0 Å². The topological polar surface area (TPSA) is 0 Å². The highest BCUT2D eigenvalue weighted by molar-refractivity contribution is 4.81. The van der Waals surface area contributed by atoms with Crippen molar-refractivity contribution in [3.63, 3.8) is 0 Å². The first-order valence-corrected chi connectivity index (χ1v) is 41.8. The molecule has 0 spiro atoms. The van der Waals surface area contributed by atoms with Gasteiger partial charge in [-0.2, -0.15) is 0 Å². The van der Waals surface area contributed by atoms with Gasteiger partial charge < -0.3 is 0 Å². The molecule has 0 heterocycles. The zero-order valence-corrected chi connectivity index (χ0v) is 72.9. The summed E-state index contributed by atoms with van der Waals surface area (Å²) in [6, 6.07) is 0. The van der Waals surface area contributed by atoms with Gasteiger partial charge in [-0.1, -0.05) is 482 Å². The van der Waals surface area contributed by atoms with Crippen LogP contribution in [-0.4, -0.2) is 0 Å². The minimum absolute atomic E-state index is 0.500. The molecule has 5 atom stereocenters. The van der Waals surface area contributed by atoms with Gasteiger partial charge in [-0.05, 0) is 106 Å². The molecule has 0 nitrogen and oxygen atoms in total. The molecule has 0 radical (unpaired) electrons. The van der Waals surface area contributed by atoms with E-state index < -0.39 is 0 Å². The Morgan fingerprint density at radius 1 is 0.356 bits per heavy atom. The van der Waals surface area contributed by atoms with E-state index in [-0.39, 0.29) is 0 Å². The van der Waals surface area contributed by atoms with E-state index in [1.807, 2.05) is 27.7 Å². The fourth-order valence-electron chi connectivity index (χ4n) is 8.13. The molecule has 0 aliphatic heterocycles. The fraction of sp³-hybridized carbons (Fsp3) is 1.00. The Kier molecular flexibility index (Phi) is 98.6. The van der Waals surface area contributed by atoms with Crippen molar-refractivity contribution in [1.82, 2.24) is 0 Å². The van der Waals surface area contributed by atoms with E-state index in [0.717, 1.165) is 82.9 Å². The summed E-state index contributed by atoms with van der Waals surface area (Å²) in [7, 11) is 0. The molecule has 8 aliphatic rings. The van der Waals surface area contributed by atoms with E-state index in [2.05, 4.69) is 249 Å². The monoisotopic (exact) mass is 1280 g/mol. The van der Waals surface area contributed by atoms with Gasteiger partial charge >= 0.3 is 0 Å². The summed E-state index contributed by atoms with van der Waals surface area (Å²) < 4.78 is 0. The maximum Gasteiger partial charge on any atom is -0.0329 e. The van der Waals surface area contributed by atoms with Crippen molar-refractivity contribution < 1.29 is 0 Å². The van der Waals surface area contributed by atoms with Gasteiger partial charge in [-0.25, -0.2) is 0 Å². The largest absolute Gasteiger partial charge is 0.0683 e. The third-order valence-electron chi connectivity index (χ3n) is 18.8. The lowest BCUT2D eigenvalue weighted by Gasteiger charge is -2.22. The lowest BCUT2D eigenvalue weighted by atomic mass is 9.83. The molecule has 0 N–H and O–H groups in total. The second-order valence-corrected chi connectivity index (χ2v) is 34.5. The highest BCUT2D eigenvalue weighted by Gasteiger charge is 2.30. The van der Waals surface area contributed by atoms with E-state index >= 15 is 0 Å². The molecule has 8 fully saturated rings. The quantitative estimate of drug-likeness (QED) is 0.238. The normalized spacial score (nSPS) is 21.9. The average molecular weight is 1280 g/mol. The second kappa shape index (κ2) is 79.7. The summed E-state index contributed by atoms with van der Waals surface area (Å²) in [6.07, 6.45) is 47.3. The van der Waals surface area contributed by atoms with Crippen LogP contribution in [0.25, 0.3) is 0 Å². The van der Waals surface area contributed by atoms with E-state index in [1.54, 1.807) is 0 Å². The van der Waals surface area contributed by atoms with Crippen molar-refractivity contribution in [3.8, 4) is 0 Å². The lowest BCUT2D eigenvalue weighted by Crippen LogP contribution is -2.13. The SMILES string of the molecule is CC.CC.CC(C)(C)C.CC(C)C.CC1CC1.CC1CCC(C)C1C.CC1CCC1.CC1CCCC1.CC1CCCC1(C)C.CC1CCCC1C.CCC.CCC(C)(C)C.CCC(C)C.CCC(C)C.CCC1CC1.CCC1CCC1.CCCC.CCCCC. The van der Waals surface area contributed by atoms with Gasteiger partial charge in [-0.15, -0.1) is 0 Å². The molecule has 90 heavy (non-hydrogen) atoms. The van der Waals surface area contributed by atoms with Crippen LogP contribution in [0.1, 0.15) is 489 Å². The van der Waals surface area contributed by atoms with Gasteiger partial charge in [0, 0.05) is 0 Å². The van der Waals surface area contributed by atoms with Crippen molar-refractivity contribution in [2.45, 2.75) is 489 Å². The molecule has 0 aromatic carbocycles. The van der Waals surface area contributed by atoms with Crippen molar-refractivity contribution >= 4 is 0 Å². The van der Waals surface area contributed by atoms with E-state index in [0.29, 0.717) is 16.2 Å². The Labute approximate surface area is 584 Å². The fourth-order valence-corrected chi connectivity index (χ4v) is 8.13. The zero-order valence-electron chi connectivity index (χ0n) is 72.9. The molecule has 0 saturated heterocycles. The van der Waals surface area contributed by atoms with Crippen LogP contribution in [0.2, 0.25) is 0 Å². The highest BCUT2D eigenvalue weighted by Crippen LogP contribution is 2.42. The molecule has 0 aromatic rings. The first-order chi connectivity index (χ1) is 41.8. The third kappa shape index (κ3) is 118. The minimum Gasteiger partial charge on any atom is -0.0683 e. The predicted molar refractivity (Wildman–Crippen MR) is 435 cm³/mol. The molecule has 8 rings (SSSR count). The average Bonchev–Trinajstić information content (AvgIpc) is 4.34. The van der Waals surface area contributed by atoms with Crippen LogP contribution in [0.15, 0.2) is 0 Å². The first kappa shape index (κ1) is 111. The van der Waals surface area contributed by atoms with Crippen molar-refractivity contribution in [2.24, 2.45) is 99.1 Å². The maximum absolute atomic E-state index is 2.38. The summed E-state index contributed by atoms with van der Waals surface area (Å²) in [5.74, 6) is 14.0. The van der Waals surface area contributed by atoms with Crippen LogP contribution in [0, 0.1) is 99.1 Å². The van der Waals surface area contributed by atoms with Crippen LogP contribution < -0.4 is 0 Å². The van der Waals surface area contributed by atoms with Crippen LogP contribution in [0.4, 0.5) is 0 Å². The molecule has 8 aliphatic carbocycles. The van der Waals surface area contributed by atoms with E-state index in [9.17, 15) is 0 Å². The van der Waals surface area contributed by atoms with Gasteiger partial charge in [-0.3, -0.25) is 0 Å². The smallest absolute Gasteiger partial charge is 0.0329 e. The summed E-state index contributed by atoms with van der Waals surface area (Å²) in [6.45, 7) is 88.9. The summed E-state index contributed by atoms with van der Waals surface area (Å²) in [5, 5.41) is 0. The summed E-state index contributed by atoms with van der Waals surface area (Å²) >= 11 is 0. The number of rotatable bonds is 7. The Morgan fingerprint density at radius 2 is 0.622 bits per heavy atom. The third-order valence-corrected chi connectivity index (χ3v) is 18.8. The molecule has 0 heteroatoms. The number of hydrogen-bond donors (Lipinski definition) is 0. The van der Waals surface area contributed by atoms with Crippen LogP contribution in [0.3, 0.4) is 0 Å². The Bertz CT molecular complexity index is 1120. The van der Waals surface area contributed by atoms with Gasteiger partial charge in [0.1, 0.15) is 0 Å². The summed E-state index contributed by atoms with van der Waals surface area (Å²) in [4.78, 5) is 0. The maximum atomic E-state index is 2.38. The molecule has 8 saturated carbocycles.